The monoisotopic (exact) mass is 423 g/mol. The maximum Gasteiger partial charge on any atom is 0.376 e. The van der Waals surface area contributed by atoms with Crippen molar-refractivity contribution in [3.05, 3.63) is 41.5 Å². The predicted octanol–water partition coefficient (Wildman–Crippen LogP) is 3.30. The van der Waals surface area contributed by atoms with Crippen LogP contribution < -0.4 is 5.32 Å². The van der Waals surface area contributed by atoms with Gasteiger partial charge >= 0.3 is 7.05 Å². The smallest absolute Gasteiger partial charge is 0.376 e. The van der Waals surface area contributed by atoms with Crippen LogP contribution in [0.15, 0.2) is 30.3 Å². The van der Waals surface area contributed by atoms with Crippen molar-refractivity contribution in [3.63, 3.8) is 0 Å². The molecule has 3 aliphatic rings. The molecule has 0 atom stereocenters. The average molecular weight is 423 g/mol. The first-order valence-electron chi connectivity index (χ1n) is 12.3. The van der Waals surface area contributed by atoms with E-state index >= 15 is 0 Å². The van der Waals surface area contributed by atoms with Crippen LogP contribution in [0.3, 0.4) is 0 Å². The molecule has 4 rings (SSSR count). The number of rotatable bonds is 6. The first kappa shape index (κ1) is 22.6. The molecule has 5 nitrogen and oxygen atoms in total. The Labute approximate surface area is 188 Å². The van der Waals surface area contributed by atoms with Gasteiger partial charge in [-0.15, -0.1) is 0 Å². The topological polar surface area (TPSA) is 55.8 Å². The predicted molar refractivity (Wildman–Crippen MR) is 128 cm³/mol. The lowest BCUT2D eigenvalue weighted by molar-refractivity contribution is -0.116. The minimum atomic E-state index is -0.338. The van der Waals surface area contributed by atoms with E-state index in [0.29, 0.717) is 6.04 Å². The van der Waals surface area contributed by atoms with Crippen molar-refractivity contribution < 1.29 is 9.82 Å². The lowest BCUT2D eigenvalue weighted by Crippen LogP contribution is -2.52. The molecule has 0 aromatic heterocycles. The minimum Gasteiger partial charge on any atom is -0.437 e. The van der Waals surface area contributed by atoms with Crippen LogP contribution in [0.1, 0.15) is 63.5 Å². The van der Waals surface area contributed by atoms with E-state index in [1.807, 2.05) is 6.82 Å². The molecule has 2 saturated heterocycles. The number of amides is 1. The standard InChI is InChI=1S/C25H38BN3O2/c1-4-19(5-2)27-24(30)22-18-25(23-9-7-6-8-21(22)23)12-16-28(17-13-25)20-10-14-29(15-11-20)26(3)31/h6-9,18-20,31H,4-5,10-17H2,1-3H3,(H,27,30). The van der Waals surface area contributed by atoms with E-state index < -0.39 is 0 Å². The number of nitrogens with zero attached hydrogens (tertiary/aromatic N) is 2. The summed E-state index contributed by atoms with van der Waals surface area (Å²) in [5.74, 6) is 0.0888. The Hall–Kier alpha value is -1.63. The summed E-state index contributed by atoms with van der Waals surface area (Å²) >= 11 is 0. The Balaban J connectivity index is 1.47. The van der Waals surface area contributed by atoms with Gasteiger partial charge in [-0.3, -0.25) is 4.79 Å². The van der Waals surface area contributed by atoms with Crippen molar-refractivity contribution >= 4 is 18.5 Å². The van der Waals surface area contributed by atoms with Crippen LogP contribution in [-0.4, -0.2) is 66.0 Å². The van der Waals surface area contributed by atoms with Crippen molar-refractivity contribution in [2.24, 2.45) is 0 Å². The van der Waals surface area contributed by atoms with Crippen molar-refractivity contribution in [1.82, 2.24) is 15.0 Å². The van der Waals surface area contributed by atoms with Gasteiger partial charge < -0.3 is 20.1 Å². The highest BCUT2D eigenvalue weighted by atomic mass is 16.2. The Kier molecular flexibility index (Phi) is 6.90. The number of likely N-dealkylation sites (tertiary alicyclic amines) is 1. The molecule has 1 spiro atoms. The van der Waals surface area contributed by atoms with Gasteiger partial charge in [0.25, 0.3) is 5.91 Å². The molecule has 0 saturated carbocycles. The molecule has 6 heteroatoms. The molecule has 0 radical (unpaired) electrons. The molecule has 1 aromatic carbocycles. The van der Waals surface area contributed by atoms with Gasteiger partial charge in [0, 0.05) is 23.1 Å². The number of carbonyl (C=O) groups excluding carboxylic acids is 1. The molecule has 168 valence electrons. The Morgan fingerprint density at radius 1 is 1.16 bits per heavy atom. The van der Waals surface area contributed by atoms with Gasteiger partial charge in [0.1, 0.15) is 0 Å². The van der Waals surface area contributed by atoms with Crippen LogP contribution in [0.25, 0.3) is 5.57 Å². The largest absolute Gasteiger partial charge is 0.437 e. The first-order chi connectivity index (χ1) is 15.0. The summed E-state index contributed by atoms with van der Waals surface area (Å²) in [6.45, 7) is 10.2. The van der Waals surface area contributed by atoms with Crippen LogP contribution in [0.2, 0.25) is 6.82 Å². The van der Waals surface area contributed by atoms with Gasteiger partial charge in [-0.05, 0) is 82.7 Å². The summed E-state index contributed by atoms with van der Waals surface area (Å²) in [6, 6.07) is 9.40. The van der Waals surface area contributed by atoms with Gasteiger partial charge in [0.05, 0.1) is 0 Å². The zero-order valence-electron chi connectivity index (χ0n) is 19.4. The van der Waals surface area contributed by atoms with Gasteiger partial charge in [-0.1, -0.05) is 44.2 Å². The van der Waals surface area contributed by atoms with E-state index in [1.165, 1.54) is 5.56 Å². The molecule has 31 heavy (non-hydrogen) atoms. The average Bonchev–Trinajstić information content (AvgIpc) is 3.12. The van der Waals surface area contributed by atoms with Gasteiger partial charge in [-0.2, -0.15) is 0 Å². The molecule has 0 bridgehead atoms. The molecule has 1 amide bonds. The second-order valence-electron chi connectivity index (χ2n) is 9.68. The van der Waals surface area contributed by atoms with Crippen molar-refractivity contribution in [2.45, 2.75) is 76.7 Å². The van der Waals surface area contributed by atoms with Crippen LogP contribution in [0, 0.1) is 0 Å². The van der Waals surface area contributed by atoms with Crippen LogP contribution in [-0.2, 0) is 10.2 Å². The SMILES string of the molecule is CCC(CC)NC(=O)C1=CC2(CCN(C3CCN(B(C)O)CC3)CC2)c2ccccc21. The van der Waals surface area contributed by atoms with E-state index in [9.17, 15) is 9.82 Å². The lowest BCUT2D eigenvalue weighted by Gasteiger charge is -2.45. The van der Waals surface area contributed by atoms with E-state index in [1.54, 1.807) is 0 Å². The second-order valence-corrected chi connectivity index (χ2v) is 9.68. The molecule has 2 aliphatic heterocycles. The van der Waals surface area contributed by atoms with E-state index in [-0.39, 0.29) is 24.4 Å². The number of hydrogen-bond acceptors (Lipinski definition) is 4. The Morgan fingerprint density at radius 2 is 1.81 bits per heavy atom. The Bertz CT molecular complexity index is 805. The van der Waals surface area contributed by atoms with Crippen LogP contribution >= 0.6 is 0 Å². The highest BCUT2D eigenvalue weighted by Crippen LogP contribution is 2.47. The molecular formula is C25H38BN3O2. The molecular weight excluding hydrogens is 385 g/mol. The van der Waals surface area contributed by atoms with E-state index in [0.717, 1.165) is 75.8 Å². The maximum absolute atomic E-state index is 13.1. The summed E-state index contributed by atoms with van der Waals surface area (Å²) in [7, 11) is -0.338. The van der Waals surface area contributed by atoms with E-state index in [2.05, 4.69) is 59.2 Å². The lowest BCUT2D eigenvalue weighted by atomic mass is 9.74. The van der Waals surface area contributed by atoms with Crippen LogP contribution in [0.5, 0.6) is 0 Å². The van der Waals surface area contributed by atoms with Gasteiger partial charge in [-0.25, -0.2) is 0 Å². The van der Waals surface area contributed by atoms with Gasteiger partial charge in [0.15, 0.2) is 0 Å². The third kappa shape index (κ3) is 4.48. The highest BCUT2D eigenvalue weighted by molar-refractivity contribution is 6.45. The normalized spacial score (nSPS) is 21.9. The molecule has 1 aromatic rings. The maximum atomic E-state index is 13.1. The van der Waals surface area contributed by atoms with Crippen molar-refractivity contribution in [3.8, 4) is 0 Å². The quantitative estimate of drug-likeness (QED) is 0.690. The van der Waals surface area contributed by atoms with Gasteiger partial charge in [0.2, 0.25) is 0 Å². The first-order valence-corrected chi connectivity index (χ1v) is 12.3. The number of allylic oxidation sites excluding steroid dienone is 1. The summed E-state index contributed by atoms with van der Waals surface area (Å²) in [5, 5.41) is 13.1. The molecule has 2 fully saturated rings. The summed E-state index contributed by atoms with van der Waals surface area (Å²) in [6.07, 6.45) is 8.63. The summed E-state index contributed by atoms with van der Waals surface area (Å²) in [5.41, 5.74) is 3.34. The summed E-state index contributed by atoms with van der Waals surface area (Å²) in [4.78, 5) is 18.0. The van der Waals surface area contributed by atoms with Crippen molar-refractivity contribution in [1.29, 1.82) is 0 Å². The fourth-order valence-corrected chi connectivity index (χ4v) is 5.85. The number of benzene rings is 1. The van der Waals surface area contributed by atoms with E-state index in [4.69, 9.17) is 0 Å². The minimum absolute atomic E-state index is 0.00595. The van der Waals surface area contributed by atoms with Crippen LogP contribution in [0.4, 0.5) is 0 Å². The fourth-order valence-electron chi connectivity index (χ4n) is 5.85. The molecule has 1 aliphatic carbocycles. The van der Waals surface area contributed by atoms with Crippen molar-refractivity contribution in [2.75, 3.05) is 26.2 Å². The number of hydrogen-bond donors (Lipinski definition) is 2. The highest BCUT2D eigenvalue weighted by Gasteiger charge is 2.43. The molecule has 2 heterocycles. The number of fused-ring (bicyclic) bond motifs is 2. The summed E-state index contributed by atoms with van der Waals surface area (Å²) < 4.78 is 0. The molecule has 2 N–H and O–H groups in total. The zero-order valence-corrected chi connectivity index (χ0v) is 19.4. The second kappa shape index (κ2) is 9.47. The third-order valence-electron chi connectivity index (χ3n) is 7.97. The fraction of sp³-hybridized carbons (Fsp3) is 0.640. The third-order valence-corrected chi connectivity index (χ3v) is 7.97. The Morgan fingerprint density at radius 3 is 2.42 bits per heavy atom. The zero-order chi connectivity index (χ0) is 22.0. The number of nitrogens with one attached hydrogen (secondary N) is 1. The molecule has 0 unspecified atom stereocenters. The number of carbonyl (C=O) groups is 1. The number of piperidine rings is 2.